The summed E-state index contributed by atoms with van der Waals surface area (Å²) < 4.78 is 60.2. The average molecular weight is 454 g/mol. The molecule has 1 spiro atoms. The number of carbonyl (C=O) groups is 2. The Morgan fingerprint density at radius 2 is 2.10 bits per heavy atom. The van der Waals surface area contributed by atoms with E-state index in [0.717, 1.165) is 22.0 Å². The molecule has 1 atom stereocenters. The summed E-state index contributed by atoms with van der Waals surface area (Å²) in [5, 5.41) is 4.47. The van der Waals surface area contributed by atoms with E-state index in [9.17, 15) is 27.2 Å². The number of cyclic esters (lactones) is 1. The first-order valence-corrected chi connectivity index (χ1v) is 10.1. The van der Waals surface area contributed by atoms with Crippen molar-refractivity contribution in [2.45, 2.75) is 37.2 Å². The average Bonchev–Trinajstić information content (AvgIpc) is 3.05. The number of imidazole rings is 1. The van der Waals surface area contributed by atoms with Crippen molar-refractivity contribution in [1.82, 2.24) is 19.6 Å². The number of rotatable bonds is 3. The van der Waals surface area contributed by atoms with Crippen LogP contribution in [0.2, 0.25) is 0 Å². The molecule has 12 heteroatoms. The molecule has 0 radical (unpaired) electrons. The smallest absolute Gasteiger partial charge is 0.419 e. The van der Waals surface area contributed by atoms with Gasteiger partial charge in [0.25, 0.3) is 0 Å². The molecule has 1 saturated heterocycles. The highest BCUT2D eigenvalue weighted by atomic mass is 32.1. The molecule has 2 aromatic heterocycles. The third kappa shape index (κ3) is 3.21. The van der Waals surface area contributed by atoms with Crippen LogP contribution in [0.4, 0.5) is 27.2 Å². The number of urea groups is 1. The Kier molecular flexibility index (Phi) is 4.26. The van der Waals surface area contributed by atoms with Crippen molar-refractivity contribution < 1.29 is 31.9 Å². The number of imide groups is 1. The fraction of sp³-hybridized carbons (Fsp3) is 0.316. The minimum absolute atomic E-state index is 0.0828. The van der Waals surface area contributed by atoms with Crippen LogP contribution in [0, 0.1) is 5.82 Å². The van der Waals surface area contributed by atoms with Gasteiger partial charge in [-0.3, -0.25) is 4.40 Å². The van der Waals surface area contributed by atoms with Crippen molar-refractivity contribution in [2.24, 2.45) is 0 Å². The Morgan fingerprint density at radius 3 is 2.81 bits per heavy atom. The van der Waals surface area contributed by atoms with E-state index < -0.39 is 41.3 Å². The van der Waals surface area contributed by atoms with Crippen LogP contribution < -0.4 is 5.32 Å². The van der Waals surface area contributed by atoms with Crippen molar-refractivity contribution in [1.29, 1.82) is 0 Å². The van der Waals surface area contributed by atoms with E-state index in [-0.39, 0.29) is 12.1 Å². The molecule has 31 heavy (non-hydrogen) atoms. The predicted octanol–water partition coefficient (Wildman–Crippen LogP) is 4.49. The van der Waals surface area contributed by atoms with Gasteiger partial charge in [-0.25, -0.2) is 23.9 Å². The van der Waals surface area contributed by atoms with Crippen LogP contribution in [0.15, 0.2) is 36.0 Å². The first-order valence-electron chi connectivity index (χ1n) is 9.25. The Bertz CT molecular complexity index is 1200. The lowest BCUT2D eigenvalue weighted by Crippen LogP contribution is -2.47. The summed E-state index contributed by atoms with van der Waals surface area (Å²) >= 11 is 1.42. The van der Waals surface area contributed by atoms with Crippen LogP contribution in [0.25, 0.3) is 4.96 Å². The maximum atomic E-state index is 13.9. The molecule has 3 aromatic rings. The Labute approximate surface area is 176 Å². The van der Waals surface area contributed by atoms with Crippen LogP contribution in [-0.4, -0.2) is 31.9 Å². The fourth-order valence-electron chi connectivity index (χ4n) is 3.92. The second-order valence-corrected chi connectivity index (χ2v) is 8.31. The summed E-state index contributed by atoms with van der Waals surface area (Å²) in [6, 6.07) is 1.29. The molecular formula is C19H14F4N4O3S. The molecule has 3 amide bonds. The third-order valence-electron chi connectivity index (χ3n) is 5.49. The standard InChI is InChI=1S/C19H14F4N4O3S/c20-12-6-10(5-11(7-12)19(21,22)23)14-18(1-2-18)27(17(29)30-14)15(28)24-8-13-9-25-16-26(13)3-4-31-16/h3-7,9,14H,1-2,8H2,(H,24,28)/t14-/m1/s1. The molecule has 2 aliphatic rings. The largest absolute Gasteiger partial charge is 0.438 e. The van der Waals surface area contributed by atoms with Gasteiger partial charge in [-0.2, -0.15) is 13.2 Å². The van der Waals surface area contributed by atoms with Crippen LogP contribution >= 0.6 is 11.3 Å². The minimum atomic E-state index is -4.76. The normalized spacial score (nSPS) is 19.8. The highest BCUT2D eigenvalue weighted by Crippen LogP contribution is 2.57. The van der Waals surface area contributed by atoms with Gasteiger partial charge in [0, 0.05) is 11.6 Å². The van der Waals surface area contributed by atoms with Gasteiger partial charge in [0.05, 0.1) is 29.5 Å². The number of halogens is 4. The number of benzene rings is 1. The zero-order valence-corrected chi connectivity index (χ0v) is 16.5. The summed E-state index contributed by atoms with van der Waals surface area (Å²) in [4.78, 5) is 31.1. The van der Waals surface area contributed by atoms with E-state index in [4.69, 9.17) is 4.74 Å². The quantitative estimate of drug-likeness (QED) is 0.592. The van der Waals surface area contributed by atoms with Crippen molar-refractivity contribution in [3.05, 3.63) is 58.6 Å². The molecule has 0 bridgehead atoms. The molecule has 1 saturated carbocycles. The number of nitrogens with zero attached hydrogens (tertiary/aromatic N) is 3. The lowest BCUT2D eigenvalue weighted by molar-refractivity contribution is -0.137. The van der Waals surface area contributed by atoms with E-state index in [0.29, 0.717) is 24.6 Å². The summed E-state index contributed by atoms with van der Waals surface area (Å²) in [7, 11) is 0. The Morgan fingerprint density at radius 1 is 1.32 bits per heavy atom. The molecule has 0 unspecified atom stereocenters. The van der Waals surface area contributed by atoms with E-state index in [1.165, 1.54) is 11.3 Å². The van der Waals surface area contributed by atoms with Gasteiger partial charge in [0.2, 0.25) is 0 Å². The monoisotopic (exact) mass is 454 g/mol. The number of amides is 3. The minimum Gasteiger partial charge on any atom is -0.438 e. The molecule has 5 rings (SSSR count). The van der Waals surface area contributed by atoms with Gasteiger partial charge in [-0.1, -0.05) is 0 Å². The summed E-state index contributed by atoms with van der Waals surface area (Å²) in [5.41, 5.74) is -1.76. The van der Waals surface area contributed by atoms with Crippen LogP contribution in [0.5, 0.6) is 0 Å². The number of thiazole rings is 1. The first-order chi connectivity index (χ1) is 14.7. The number of ether oxygens (including phenoxy) is 1. The van der Waals surface area contributed by atoms with Gasteiger partial charge in [0.15, 0.2) is 11.1 Å². The van der Waals surface area contributed by atoms with Crippen LogP contribution in [0.1, 0.15) is 35.8 Å². The summed E-state index contributed by atoms with van der Waals surface area (Å²) in [5.74, 6) is -1.10. The topological polar surface area (TPSA) is 75.9 Å². The fourth-order valence-corrected chi connectivity index (χ4v) is 4.63. The number of nitrogens with one attached hydrogen (secondary N) is 1. The number of carbonyl (C=O) groups excluding carboxylic acids is 2. The zero-order valence-electron chi connectivity index (χ0n) is 15.6. The summed E-state index contributed by atoms with van der Waals surface area (Å²) in [6.07, 6.45) is -2.85. The van der Waals surface area contributed by atoms with Gasteiger partial charge in [-0.05, 0) is 36.6 Å². The second kappa shape index (κ2) is 6.67. The van der Waals surface area contributed by atoms with Crippen molar-refractivity contribution >= 4 is 28.4 Å². The van der Waals surface area contributed by atoms with Gasteiger partial charge < -0.3 is 10.1 Å². The maximum Gasteiger partial charge on any atom is 0.419 e. The zero-order chi connectivity index (χ0) is 22.0. The Hall–Kier alpha value is -3.15. The first kappa shape index (κ1) is 19.8. The number of alkyl halides is 3. The van der Waals surface area contributed by atoms with E-state index in [1.54, 1.807) is 16.8 Å². The molecule has 3 heterocycles. The van der Waals surface area contributed by atoms with Crippen LogP contribution in [0.3, 0.4) is 0 Å². The Balaban J connectivity index is 1.38. The molecule has 7 nitrogen and oxygen atoms in total. The van der Waals surface area contributed by atoms with Crippen molar-refractivity contribution in [3.63, 3.8) is 0 Å². The van der Waals surface area contributed by atoms with E-state index in [2.05, 4.69) is 10.3 Å². The number of hydrogen-bond acceptors (Lipinski definition) is 5. The van der Waals surface area contributed by atoms with Crippen molar-refractivity contribution in [2.75, 3.05) is 0 Å². The van der Waals surface area contributed by atoms with Gasteiger partial charge >= 0.3 is 18.3 Å². The van der Waals surface area contributed by atoms with Crippen LogP contribution in [-0.2, 0) is 17.5 Å². The van der Waals surface area contributed by atoms with E-state index in [1.807, 2.05) is 5.38 Å². The lowest BCUT2D eigenvalue weighted by atomic mass is 9.98. The van der Waals surface area contributed by atoms with Crippen molar-refractivity contribution in [3.8, 4) is 0 Å². The molecule has 162 valence electrons. The highest BCUT2D eigenvalue weighted by molar-refractivity contribution is 7.15. The SMILES string of the molecule is O=C(NCc1cnc2sccn12)N1C(=O)O[C@H](c2cc(F)cc(C(F)(F)F)c2)C12CC2. The molecule has 1 aliphatic carbocycles. The molecule has 1 aromatic carbocycles. The third-order valence-corrected chi connectivity index (χ3v) is 6.26. The number of hydrogen-bond donors (Lipinski definition) is 1. The molecule has 2 fully saturated rings. The maximum absolute atomic E-state index is 13.9. The van der Waals surface area contributed by atoms with Gasteiger partial charge in [-0.15, -0.1) is 11.3 Å². The molecule has 1 aliphatic heterocycles. The second-order valence-electron chi connectivity index (χ2n) is 7.44. The summed E-state index contributed by atoms with van der Waals surface area (Å²) in [6.45, 7) is 0.0828. The van der Waals surface area contributed by atoms with E-state index >= 15 is 0 Å². The lowest BCUT2D eigenvalue weighted by Gasteiger charge is -2.23. The number of fused-ring (bicyclic) bond motifs is 1. The molecular weight excluding hydrogens is 440 g/mol. The number of aromatic nitrogens is 2. The van der Waals surface area contributed by atoms with Gasteiger partial charge in [0.1, 0.15) is 5.82 Å². The molecule has 1 N–H and O–H groups in total. The highest BCUT2D eigenvalue weighted by Gasteiger charge is 2.66. The predicted molar refractivity (Wildman–Crippen MR) is 99.7 cm³/mol.